The number of aliphatic hydroxyl groups excluding tert-OH is 2. The van der Waals surface area contributed by atoms with Crippen LogP contribution in [0.2, 0.25) is 0 Å². The molecule has 0 aliphatic carbocycles. The van der Waals surface area contributed by atoms with Gasteiger partial charge in [-0.1, -0.05) is 83.2 Å². The van der Waals surface area contributed by atoms with Gasteiger partial charge in [0.25, 0.3) is 0 Å². The first-order valence-corrected chi connectivity index (χ1v) is 29.7. The van der Waals surface area contributed by atoms with E-state index >= 15 is 0 Å². The van der Waals surface area contributed by atoms with Crippen LogP contribution in [0.4, 0.5) is 0 Å². The van der Waals surface area contributed by atoms with Gasteiger partial charge in [0.05, 0.1) is 24.8 Å². The molecule has 1 aliphatic rings. The van der Waals surface area contributed by atoms with Gasteiger partial charge in [-0.25, -0.2) is 0 Å². The van der Waals surface area contributed by atoms with Crippen molar-refractivity contribution in [3.05, 3.63) is 35.9 Å². The van der Waals surface area contributed by atoms with Crippen LogP contribution in [0.15, 0.2) is 30.3 Å². The average Bonchev–Trinajstić information content (AvgIpc) is 3.50. The van der Waals surface area contributed by atoms with Crippen LogP contribution in [0.1, 0.15) is 142 Å². The van der Waals surface area contributed by atoms with Crippen molar-refractivity contribution in [2.75, 3.05) is 45.9 Å². The van der Waals surface area contributed by atoms with E-state index in [4.69, 9.17) is 28.7 Å². The summed E-state index contributed by atoms with van der Waals surface area (Å²) < 4.78 is 0. The monoisotopic (exact) mass is 1170 g/mol. The summed E-state index contributed by atoms with van der Waals surface area (Å²) in [6.07, 6.45) is 1.53. The molecule has 468 valence electrons. The number of nitrogens with one attached hydrogen (secondary N) is 7. The molecule has 0 radical (unpaired) electrons. The average molecular weight is 1170 g/mol. The fourth-order valence-corrected chi connectivity index (χ4v) is 9.89. The number of nitrogens with two attached hydrogens (primary N) is 5. The lowest BCUT2D eigenvalue weighted by Gasteiger charge is -2.29. The Morgan fingerprint density at radius 3 is 1.75 bits per heavy atom. The lowest BCUT2D eigenvalue weighted by molar-refractivity contribution is -0.137. The molecule has 25 heteroatoms. The van der Waals surface area contributed by atoms with Gasteiger partial charge in [-0.3, -0.25) is 52.7 Å². The summed E-state index contributed by atoms with van der Waals surface area (Å²) in [4.78, 5) is 154. The van der Waals surface area contributed by atoms with E-state index in [0.29, 0.717) is 18.4 Å². The summed E-state index contributed by atoms with van der Waals surface area (Å²) in [5, 5.41) is 39.5. The van der Waals surface area contributed by atoms with E-state index in [1.54, 1.807) is 44.2 Å². The molecule has 1 aliphatic heterocycles. The zero-order valence-corrected chi connectivity index (χ0v) is 49.3. The highest BCUT2D eigenvalue weighted by Crippen LogP contribution is 2.21. The molecular formula is C58H98N12O13. The van der Waals surface area contributed by atoms with Gasteiger partial charge in [0.15, 0.2) is 17.3 Å². The number of hydrogen-bond acceptors (Lipinski definition) is 18. The van der Waals surface area contributed by atoms with Crippen molar-refractivity contribution in [3.63, 3.8) is 0 Å². The molecule has 7 amide bonds. The van der Waals surface area contributed by atoms with Gasteiger partial charge in [0, 0.05) is 62.3 Å². The van der Waals surface area contributed by atoms with Gasteiger partial charge in [-0.05, 0) is 102 Å². The minimum atomic E-state index is -1.59. The quantitative estimate of drug-likeness (QED) is 0.0376. The van der Waals surface area contributed by atoms with Crippen molar-refractivity contribution in [2.45, 2.75) is 186 Å². The molecule has 12 atom stereocenters. The number of hydrogen-bond donors (Lipinski definition) is 14. The van der Waals surface area contributed by atoms with Crippen molar-refractivity contribution in [3.8, 4) is 0 Å². The second-order valence-electron chi connectivity index (χ2n) is 21.9. The maximum atomic E-state index is 14.5. The Kier molecular flexibility index (Phi) is 35.4. The predicted octanol–water partition coefficient (Wildman–Crippen LogP) is -1.52. The fraction of sp³-hybridized carbons (Fsp3) is 0.707. The lowest BCUT2D eigenvalue weighted by Crippen LogP contribution is -2.56. The number of carbonyl (C=O) groups is 11. The molecule has 1 fully saturated rings. The fourth-order valence-electron chi connectivity index (χ4n) is 9.89. The van der Waals surface area contributed by atoms with E-state index in [9.17, 15) is 63.0 Å². The summed E-state index contributed by atoms with van der Waals surface area (Å²) in [5.74, 6) is -12.8. The van der Waals surface area contributed by atoms with Gasteiger partial charge in [0.1, 0.15) is 30.0 Å². The Balaban J connectivity index is 2.66. The summed E-state index contributed by atoms with van der Waals surface area (Å²) in [6, 6.07) is 0.261. The predicted molar refractivity (Wildman–Crippen MR) is 312 cm³/mol. The number of carbonyl (C=O) groups excluding carboxylic acids is 11. The molecule has 2 rings (SSSR count). The molecule has 0 aromatic heterocycles. The Morgan fingerprint density at radius 2 is 1.19 bits per heavy atom. The maximum absolute atomic E-state index is 14.5. The smallest absolute Gasteiger partial charge is 0.244 e. The largest absolute Gasteiger partial charge is 0.394 e. The SMILES string of the molecule is CCCCCCCC(=O)C[C@@H](CCN)C(=O)N[C@H](C(=O)C[C@@H](CCN)C(=O)N[C@H]1CCNC(=O)[C@H](CO)NC(=O)[C@H](CCN)CC(=O)[C@H](CCN)NC(=O)[C@H]([C@@H](C)CC)NC(=O)[C@@H](Cc2ccccc2)CC(=O)[C@H](CCN)NC1=O)[C@@H](C)O. The van der Waals surface area contributed by atoms with E-state index < -0.39 is 169 Å². The van der Waals surface area contributed by atoms with Crippen LogP contribution in [0.5, 0.6) is 0 Å². The van der Waals surface area contributed by atoms with Gasteiger partial charge in [-0.2, -0.15) is 0 Å². The third-order valence-corrected chi connectivity index (χ3v) is 15.2. The number of amides is 7. The summed E-state index contributed by atoms with van der Waals surface area (Å²) in [7, 11) is 0. The lowest BCUT2D eigenvalue weighted by atomic mass is 9.89. The Labute approximate surface area is 488 Å². The topological polar surface area (TPSA) is 443 Å². The summed E-state index contributed by atoms with van der Waals surface area (Å²) in [6.45, 7) is 5.22. The van der Waals surface area contributed by atoms with Crippen LogP contribution in [0.3, 0.4) is 0 Å². The number of benzene rings is 1. The third-order valence-electron chi connectivity index (χ3n) is 15.2. The Hall–Kier alpha value is -6.09. The van der Waals surface area contributed by atoms with Crippen LogP contribution in [0, 0.1) is 29.6 Å². The molecule has 1 heterocycles. The van der Waals surface area contributed by atoms with E-state index in [1.165, 1.54) is 6.92 Å². The molecule has 1 saturated heterocycles. The second-order valence-corrected chi connectivity index (χ2v) is 21.9. The molecule has 0 spiro atoms. The molecule has 0 saturated carbocycles. The first-order chi connectivity index (χ1) is 39.6. The van der Waals surface area contributed by atoms with Crippen molar-refractivity contribution in [1.29, 1.82) is 0 Å². The van der Waals surface area contributed by atoms with E-state index in [0.717, 1.165) is 25.7 Å². The minimum Gasteiger partial charge on any atom is -0.394 e. The van der Waals surface area contributed by atoms with Crippen LogP contribution >= 0.6 is 0 Å². The number of Topliss-reactive ketones (excluding diaryl/α,β-unsaturated/α-hetero) is 4. The van der Waals surface area contributed by atoms with Crippen molar-refractivity contribution in [1.82, 2.24) is 37.2 Å². The molecule has 25 nitrogen and oxygen atoms in total. The zero-order chi connectivity index (χ0) is 62.0. The first-order valence-electron chi connectivity index (χ1n) is 29.7. The number of unbranched alkanes of at least 4 members (excludes halogenated alkanes) is 4. The van der Waals surface area contributed by atoms with Crippen molar-refractivity contribution >= 4 is 64.5 Å². The third kappa shape index (κ3) is 26.2. The molecule has 83 heavy (non-hydrogen) atoms. The zero-order valence-electron chi connectivity index (χ0n) is 49.3. The van der Waals surface area contributed by atoms with E-state index in [1.807, 2.05) is 0 Å². The van der Waals surface area contributed by atoms with Crippen LogP contribution in [0.25, 0.3) is 0 Å². The minimum absolute atomic E-state index is 0.0106. The van der Waals surface area contributed by atoms with E-state index in [2.05, 4.69) is 44.1 Å². The highest BCUT2D eigenvalue weighted by molar-refractivity contribution is 5.99. The maximum Gasteiger partial charge on any atom is 0.244 e. The summed E-state index contributed by atoms with van der Waals surface area (Å²) in [5.41, 5.74) is 30.2. The number of rotatable bonds is 31. The normalized spacial score (nSPS) is 23.0. The molecular weight excluding hydrogens is 1070 g/mol. The highest BCUT2D eigenvalue weighted by Gasteiger charge is 2.38. The first kappa shape index (κ1) is 73.0. The molecule has 0 bridgehead atoms. The van der Waals surface area contributed by atoms with Gasteiger partial charge >= 0.3 is 0 Å². The Bertz CT molecular complexity index is 2240. The van der Waals surface area contributed by atoms with Gasteiger partial charge < -0.3 is 76.1 Å². The van der Waals surface area contributed by atoms with Gasteiger partial charge in [-0.15, -0.1) is 0 Å². The van der Waals surface area contributed by atoms with Crippen LogP contribution in [-0.2, 0) is 59.2 Å². The molecule has 0 unspecified atom stereocenters. The van der Waals surface area contributed by atoms with Crippen LogP contribution < -0.4 is 65.9 Å². The Morgan fingerprint density at radius 1 is 0.639 bits per heavy atom. The second kappa shape index (κ2) is 40.2. The molecule has 1 aromatic carbocycles. The molecule has 1 aromatic rings. The standard InChI is InChI=1S/C58H98N12O13/c1-5-7-8-9-13-16-42(73)30-38(17-23-59)54(79)70-51(36(4)72)49(76)32-40(19-25-61)52(77)67-45-22-28-64-56(81)46(34-71)68-53(78)39(18-24-60)31-47(74)44(21-27-63)66-58(83)50(35(3)6-2)69-55(80)41(29-37-14-11-10-12-15-37)33-48(75)43(20-26-62)65-57(45)82/h10-12,14-15,35-36,38-41,43-46,50-51,71-72H,5-9,13,16-34,59-63H2,1-4H3,(H,64,81)(H,65,82)(H,66,83)(H,67,77)(H,68,78)(H,69,80)(H,70,79)/t35-,36+,38+,39+,40+,41-,43-,44-,45-,46-,50-,51-/m0/s1. The molecule has 19 N–H and O–H groups in total. The van der Waals surface area contributed by atoms with E-state index in [-0.39, 0.29) is 89.9 Å². The number of aliphatic hydroxyl groups is 2. The summed E-state index contributed by atoms with van der Waals surface area (Å²) >= 11 is 0. The number of ketones is 4. The highest BCUT2D eigenvalue weighted by atomic mass is 16.3. The van der Waals surface area contributed by atoms with Gasteiger partial charge in [0.2, 0.25) is 41.4 Å². The van der Waals surface area contributed by atoms with Crippen molar-refractivity contribution < 1.29 is 63.0 Å². The van der Waals surface area contributed by atoms with Crippen LogP contribution in [-0.4, -0.2) is 163 Å². The van der Waals surface area contributed by atoms with Crippen molar-refractivity contribution in [2.24, 2.45) is 58.3 Å².